The first-order valence-electron chi connectivity index (χ1n) is 11.1. The summed E-state index contributed by atoms with van der Waals surface area (Å²) in [5, 5.41) is 10.2. The molecule has 2 aromatic heterocycles. The van der Waals surface area contributed by atoms with Crippen molar-refractivity contribution in [2.24, 2.45) is 0 Å². The number of piperazine rings is 1. The number of carbonyl (C=O) groups excluding carboxylic acids is 1. The SMILES string of the molecule is N#Cc1ccc(N2C3COCC2CN(C(=O)CCCc2cccc4ncccc24)C3)nc1. The predicted molar refractivity (Wildman–Crippen MR) is 121 cm³/mol. The minimum absolute atomic E-state index is 0.0797. The zero-order valence-corrected chi connectivity index (χ0v) is 17.9. The smallest absolute Gasteiger partial charge is 0.222 e. The number of aromatic nitrogens is 2. The number of aryl methyl sites for hydroxylation is 1. The Morgan fingerprint density at radius 3 is 2.69 bits per heavy atom. The van der Waals surface area contributed by atoms with Gasteiger partial charge >= 0.3 is 0 Å². The molecule has 1 aromatic carbocycles. The lowest BCUT2D eigenvalue weighted by Gasteiger charge is -2.50. The topological polar surface area (TPSA) is 82.4 Å². The Balaban J connectivity index is 1.21. The van der Waals surface area contributed by atoms with Crippen LogP contribution >= 0.6 is 0 Å². The highest BCUT2D eigenvalue weighted by Gasteiger charge is 2.40. The number of nitrogens with zero attached hydrogens (tertiary/aromatic N) is 5. The molecule has 2 aliphatic heterocycles. The van der Waals surface area contributed by atoms with Crippen molar-refractivity contribution in [3.05, 3.63) is 66.0 Å². The second kappa shape index (κ2) is 8.93. The number of amides is 1. The Morgan fingerprint density at radius 2 is 1.94 bits per heavy atom. The van der Waals surface area contributed by atoms with Crippen molar-refractivity contribution in [3.63, 3.8) is 0 Å². The average Bonchev–Trinajstić information content (AvgIpc) is 2.83. The van der Waals surface area contributed by atoms with Crippen molar-refractivity contribution in [2.45, 2.75) is 31.3 Å². The minimum atomic E-state index is 0.0797. The third-order valence-corrected chi connectivity index (χ3v) is 6.34. The molecule has 0 spiro atoms. The first kappa shape index (κ1) is 20.4. The molecule has 4 heterocycles. The summed E-state index contributed by atoms with van der Waals surface area (Å²) in [6, 6.07) is 16.2. The Hall–Kier alpha value is -3.50. The quantitative estimate of drug-likeness (QED) is 0.623. The fourth-order valence-corrected chi connectivity index (χ4v) is 4.82. The van der Waals surface area contributed by atoms with Gasteiger partial charge in [-0.1, -0.05) is 18.2 Å². The van der Waals surface area contributed by atoms with E-state index in [9.17, 15) is 4.79 Å². The second-order valence-corrected chi connectivity index (χ2v) is 8.41. The van der Waals surface area contributed by atoms with Gasteiger partial charge in [-0.2, -0.15) is 5.26 Å². The van der Waals surface area contributed by atoms with Crippen LogP contribution in [0.4, 0.5) is 5.82 Å². The fraction of sp³-hybridized carbons (Fsp3) is 0.360. The number of pyridine rings is 2. The number of nitriles is 1. The van der Waals surface area contributed by atoms with E-state index < -0.39 is 0 Å². The van der Waals surface area contributed by atoms with Crippen molar-refractivity contribution < 1.29 is 9.53 Å². The van der Waals surface area contributed by atoms with Crippen LogP contribution in [0.3, 0.4) is 0 Å². The number of benzene rings is 1. The minimum Gasteiger partial charge on any atom is -0.377 e. The van der Waals surface area contributed by atoms with Gasteiger partial charge < -0.3 is 14.5 Å². The molecule has 2 fully saturated rings. The van der Waals surface area contributed by atoms with Crippen molar-refractivity contribution in [1.82, 2.24) is 14.9 Å². The lowest BCUT2D eigenvalue weighted by molar-refractivity contribution is -0.134. The van der Waals surface area contributed by atoms with Gasteiger partial charge in [0.05, 0.1) is 36.4 Å². The molecule has 32 heavy (non-hydrogen) atoms. The molecule has 7 heteroatoms. The third-order valence-electron chi connectivity index (χ3n) is 6.34. The van der Waals surface area contributed by atoms with Gasteiger partial charge in [-0.05, 0) is 42.7 Å². The Bertz CT molecular complexity index is 1140. The zero-order valence-electron chi connectivity index (χ0n) is 17.9. The van der Waals surface area contributed by atoms with E-state index in [1.54, 1.807) is 12.3 Å². The molecular weight excluding hydrogens is 402 g/mol. The van der Waals surface area contributed by atoms with E-state index in [1.165, 1.54) is 5.56 Å². The highest BCUT2D eigenvalue weighted by molar-refractivity contribution is 5.82. The van der Waals surface area contributed by atoms with E-state index in [2.05, 4.69) is 33.1 Å². The molecular formula is C25H25N5O2. The molecule has 2 aliphatic rings. The Labute approximate surface area is 187 Å². The van der Waals surface area contributed by atoms with Crippen LogP contribution in [0.25, 0.3) is 10.9 Å². The third kappa shape index (κ3) is 4.02. The summed E-state index contributed by atoms with van der Waals surface area (Å²) in [6.45, 7) is 2.42. The molecule has 2 bridgehead atoms. The summed E-state index contributed by atoms with van der Waals surface area (Å²) in [6.07, 6.45) is 5.62. The number of carbonyl (C=O) groups is 1. The molecule has 1 amide bonds. The summed E-state index contributed by atoms with van der Waals surface area (Å²) in [5.41, 5.74) is 2.79. The van der Waals surface area contributed by atoms with E-state index >= 15 is 0 Å². The number of hydrogen-bond acceptors (Lipinski definition) is 6. The first-order valence-corrected chi connectivity index (χ1v) is 11.1. The number of fused-ring (bicyclic) bond motifs is 3. The Kier molecular flexibility index (Phi) is 5.70. The van der Waals surface area contributed by atoms with Crippen LogP contribution in [0, 0.1) is 11.3 Å². The maximum Gasteiger partial charge on any atom is 0.222 e. The Morgan fingerprint density at radius 1 is 1.09 bits per heavy atom. The number of morpholine rings is 1. The van der Waals surface area contributed by atoms with Gasteiger partial charge in [-0.15, -0.1) is 0 Å². The molecule has 0 radical (unpaired) electrons. The lowest BCUT2D eigenvalue weighted by Crippen LogP contribution is -2.66. The van der Waals surface area contributed by atoms with Gasteiger partial charge in [0.2, 0.25) is 5.91 Å². The van der Waals surface area contributed by atoms with Gasteiger partial charge in [-0.25, -0.2) is 4.98 Å². The first-order chi connectivity index (χ1) is 15.7. The van der Waals surface area contributed by atoms with Crippen molar-refractivity contribution in [2.75, 3.05) is 31.2 Å². The molecule has 0 aliphatic carbocycles. The molecule has 3 aromatic rings. The summed E-state index contributed by atoms with van der Waals surface area (Å²) in [5.74, 6) is 1.05. The number of ether oxygens (including phenoxy) is 1. The number of rotatable bonds is 5. The molecule has 7 nitrogen and oxygen atoms in total. The van der Waals surface area contributed by atoms with Crippen LogP contribution in [0.15, 0.2) is 54.9 Å². The van der Waals surface area contributed by atoms with Crippen LogP contribution in [-0.2, 0) is 16.0 Å². The molecule has 162 valence electrons. The van der Waals surface area contributed by atoms with Gasteiger partial charge in [0.1, 0.15) is 11.9 Å². The van der Waals surface area contributed by atoms with Crippen LogP contribution < -0.4 is 4.90 Å². The van der Waals surface area contributed by atoms with Crippen LogP contribution in [0.5, 0.6) is 0 Å². The molecule has 0 N–H and O–H groups in total. The van der Waals surface area contributed by atoms with Gasteiger partial charge in [0.15, 0.2) is 0 Å². The molecule has 2 unspecified atom stereocenters. The van der Waals surface area contributed by atoms with Gasteiger partial charge in [0, 0.05) is 37.3 Å². The van der Waals surface area contributed by atoms with Crippen molar-refractivity contribution in [3.8, 4) is 6.07 Å². The maximum atomic E-state index is 13.0. The van der Waals surface area contributed by atoms with Crippen molar-refractivity contribution in [1.29, 1.82) is 5.26 Å². The predicted octanol–water partition coefficient (Wildman–Crippen LogP) is 2.94. The van der Waals surface area contributed by atoms with Crippen LogP contribution in [0.2, 0.25) is 0 Å². The van der Waals surface area contributed by atoms with E-state index in [4.69, 9.17) is 10.00 Å². The fourth-order valence-electron chi connectivity index (χ4n) is 4.82. The molecule has 2 atom stereocenters. The maximum absolute atomic E-state index is 13.0. The highest BCUT2D eigenvalue weighted by Crippen LogP contribution is 2.27. The molecule has 0 saturated carbocycles. The van der Waals surface area contributed by atoms with E-state index in [0.29, 0.717) is 38.3 Å². The van der Waals surface area contributed by atoms with E-state index in [1.807, 2.05) is 35.4 Å². The lowest BCUT2D eigenvalue weighted by atomic mass is 10.0. The summed E-state index contributed by atoms with van der Waals surface area (Å²) in [4.78, 5) is 26.2. The summed E-state index contributed by atoms with van der Waals surface area (Å²) < 4.78 is 5.78. The molecule has 2 saturated heterocycles. The van der Waals surface area contributed by atoms with Gasteiger partial charge in [-0.3, -0.25) is 9.78 Å². The number of anilines is 1. The van der Waals surface area contributed by atoms with Crippen molar-refractivity contribution >= 4 is 22.6 Å². The second-order valence-electron chi connectivity index (χ2n) is 8.41. The van der Waals surface area contributed by atoms with Crippen LogP contribution in [-0.4, -0.2) is 59.2 Å². The van der Waals surface area contributed by atoms with E-state index in [0.717, 1.165) is 29.6 Å². The largest absolute Gasteiger partial charge is 0.377 e. The summed E-state index contributed by atoms with van der Waals surface area (Å²) in [7, 11) is 0. The summed E-state index contributed by atoms with van der Waals surface area (Å²) >= 11 is 0. The number of hydrogen-bond donors (Lipinski definition) is 0. The van der Waals surface area contributed by atoms with Crippen LogP contribution in [0.1, 0.15) is 24.0 Å². The average molecular weight is 428 g/mol. The van der Waals surface area contributed by atoms with Gasteiger partial charge in [0.25, 0.3) is 0 Å². The zero-order chi connectivity index (χ0) is 21.9. The monoisotopic (exact) mass is 427 g/mol. The van der Waals surface area contributed by atoms with E-state index in [-0.39, 0.29) is 18.0 Å². The normalized spacial score (nSPS) is 20.2. The highest BCUT2D eigenvalue weighted by atomic mass is 16.5. The standard InChI is InChI=1S/C25H25N5O2/c26-12-18-9-10-24(28-13-18)30-20-14-29(15-21(30)17-32-16-20)25(31)8-2-5-19-4-1-7-23-22(19)6-3-11-27-23/h1,3-4,6-7,9-11,13,20-21H,2,5,8,14-17H2. The molecule has 5 rings (SSSR count).